The number of hydrogen-bond donors (Lipinski definition) is 0. The summed E-state index contributed by atoms with van der Waals surface area (Å²) in [6.45, 7) is 9.10. The van der Waals surface area contributed by atoms with Crippen molar-refractivity contribution in [2.45, 2.75) is 38.4 Å². The molecule has 0 aliphatic carbocycles. The van der Waals surface area contributed by atoms with Crippen molar-refractivity contribution in [2.24, 2.45) is 0 Å². The fourth-order valence-electron chi connectivity index (χ4n) is 2.46. The van der Waals surface area contributed by atoms with Crippen LogP contribution >= 0.6 is 11.8 Å². The minimum Gasteiger partial charge on any atom is -0.302 e. The second-order valence-corrected chi connectivity index (χ2v) is 8.14. The molecule has 2 rings (SSSR count). The van der Waals surface area contributed by atoms with Gasteiger partial charge in [-0.15, -0.1) is 0 Å². The van der Waals surface area contributed by atoms with Crippen molar-refractivity contribution in [3.05, 3.63) is 35.1 Å². The number of Topliss-reactive ketones (excluding diaryl/α,β-unsaturated/α-hetero) is 1. The van der Waals surface area contributed by atoms with Crippen LogP contribution in [-0.4, -0.2) is 40.8 Å². The molecule has 1 aromatic rings. The van der Waals surface area contributed by atoms with Crippen LogP contribution in [0.15, 0.2) is 18.2 Å². The SMILES string of the molecule is Cc1ccc(C(=O)CCN2CCSC(C)(C)CC2)cc1F. The highest BCUT2D eigenvalue weighted by Gasteiger charge is 2.23. The number of aryl methyl sites for hydroxylation is 1. The summed E-state index contributed by atoms with van der Waals surface area (Å²) < 4.78 is 13.8. The van der Waals surface area contributed by atoms with Crippen LogP contribution in [-0.2, 0) is 0 Å². The fraction of sp³-hybridized carbons (Fsp3) is 0.588. The van der Waals surface area contributed by atoms with E-state index in [0.29, 0.717) is 22.3 Å². The lowest BCUT2D eigenvalue weighted by Gasteiger charge is -2.22. The van der Waals surface area contributed by atoms with Crippen LogP contribution in [0.2, 0.25) is 0 Å². The highest BCUT2D eigenvalue weighted by atomic mass is 32.2. The van der Waals surface area contributed by atoms with Crippen LogP contribution in [0.5, 0.6) is 0 Å². The fourth-order valence-corrected chi connectivity index (χ4v) is 3.59. The van der Waals surface area contributed by atoms with E-state index in [2.05, 4.69) is 18.7 Å². The molecule has 1 heterocycles. The van der Waals surface area contributed by atoms with Gasteiger partial charge in [-0.2, -0.15) is 11.8 Å². The zero-order valence-electron chi connectivity index (χ0n) is 13.1. The van der Waals surface area contributed by atoms with Gasteiger partial charge in [-0.1, -0.05) is 26.0 Å². The minimum atomic E-state index is -0.297. The van der Waals surface area contributed by atoms with Crippen molar-refractivity contribution < 1.29 is 9.18 Å². The first kappa shape index (κ1) is 16.5. The second kappa shape index (κ2) is 6.93. The first-order chi connectivity index (χ1) is 9.87. The monoisotopic (exact) mass is 309 g/mol. The van der Waals surface area contributed by atoms with Gasteiger partial charge in [0.05, 0.1) is 0 Å². The molecule has 1 aliphatic rings. The van der Waals surface area contributed by atoms with E-state index in [-0.39, 0.29) is 11.6 Å². The molecule has 21 heavy (non-hydrogen) atoms. The van der Waals surface area contributed by atoms with Gasteiger partial charge in [0.15, 0.2) is 5.78 Å². The van der Waals surface area contributed by atoms with Crippen molar-refractivity contribution in [3.63, 3.8) is 0 Å². The number of thioether (sulfide) groups is 1. The Morgan fingerprint density at radius 3 is 2.86 bits per heavy atom. The number of ketones is 1. The van der Waals surface area contributed by atoms with Gasteiger partial charge in [0, 0.05) is 35.6 Å². The zero-order chi connectivity index (χ0) is 15.5. The van der Waals surface area contributed by atoms with Crippen molar-refractivity contribution in [1.29, 1.82) is 0 Å². The Bertz CT molecular complexity index is 516. The van der Waals surface area contributed by atoms with Crippen molar-refractivity contribution in [3.8, 4) is 0 Å². The Hall–Kier alpha value is -0.870. The van der Waals surface area contributed by atoms with Crippen molar-refractivity contribution in [2.75, 3.05) is 25.4 Å². The van der Waals surface area contributed by atoms with E-state index in [0.717, 1.165) is 31.8 Å². The molecule has 0 saturated carbocycles. The largest absolute Gasteiger partial charge is 0.302 e. The van der Waals surface area contributed by atoms with Gasteiger partial charge >= 0.3 is 0 Å². The van der Waals surface area contributed by atoms with Crippen molar-refractivity contribution >= 4 is 17.5 Å². The Balaban J connectivity index is 1.87. The molecule has 0 unspecified atom stereocenters. The molecule has 2 nitrogen and oxygen atoms in total. The molecule has 0 amide bonds. The number of carbonyl (C=O) groups is 1. The minimum absolute atomic E-state index is 0.0325. The molecule has 0 spiro atoms. The normalized spacial score (nSPS) is 19.2. The number of halogens is 1. The molecule has 0 aromatic heterocycles. The van der Waals surface area contributed by atoms with E-state index in [4.69, 9.17) is 0 Å². The Labute approximate surface area is 131 Å². The molecule has 1 aliphatic heterocycles. The number of hydrogen-bond acceptors (Lipinski definition) is 3. The van der Waals surface area contributed by atoms with Gasteiger partial charge in [0.1, 0.15) is 5.82 Å². The third-order valence-electron chi connectivity index (χ3n) is 4.08. The van der Waals surface area contributed by atoms with E-state index in [1.165, 1.54) is 6.07 Å². The summed E-state index contributed by atoms with van der Waals surface area (Å²) in [6, 6.07) is 4.76. The number of carbonyl (C=O) groups excluding carboxylic acids is 1. The smallest absolute Gasteiger partial charge is 0.164 e. The molecule has 0 atom stereocenters. The summed E-state index contributed by atoms with van der Waals surface area (Å²) in [7, 11) is 0. The molecule has 1 aromatic carbocycles. The highest BCUT2D eigenvalue weighted by Crippen LogP contribution is 2.30. The molecule has 1 fully saturated rings. The van der Waals surface area contributed by atoms with Crippen molar-refractivity contribution in [1.82, 2.24) is 4.90 Å². The van der Waals surface area contributed by atoms with E-state index >= 15 is 0 Å². The van der Waals surface area contributed by atoms with Gasteiger partial charge in [-0.25, -0.2) is 4.39 Å². The molecule has 116 valence electrons. The van der Waals surface area contributed by atoms with Crippen LogP contribution in [0, 0.1) is 12.7 Å². The predicted octanol–water partition coefficient (Wildman–Crippen LogP) is 3.92. The Kier molecular flexibility index (Phi) is 5.44. The zero-order valence-corrected chi connectivity index (χ0v) is 13.9. The van der Waals surface area contributed by atoms with Gasteiger partial charge in [-0.3, -0.25) is 4.79 Å². The Morgan fingerprint density at radius 2 is 2.14 bits per heavy atom. The maximum atomic E-state index is 13.5. The van der Waals surface area contributed by atoms with Crippen LogP contribution in [0.4, 0.5) is 4.39 Å². The van der Waals surface area contributed by atoms with E-state index in [9.17, 15) is 9.18 Å². The highest BCUT2D eigenvalue weighted by molar-refractivity contribution is 8.00. The van der Waals surface area contributed by atoms with Crippen LogP contribution < -0.4 is 0 Å². The third-order valence-corrected chi connectivity index (χ3v) is 5.45. The van der Waals surface area contributed by atoms with E-state index in [1.807, 2.05) is 11.8 Å². The van der Waals surface area contributed by atoms with Gasteiger partial charge < -0.3 is 4.90 Å². The molecule has 0 bridgehead atoms. The van der Waals surface area contributed by atoms with Crippen LogP contribution in [0.3, 0.4) is 0 Å². The quantitative estimate of drug-likeness (QED) is 0.786. The molecule has 1 saturated heterocycles. The predicted molar refractivity (Wildman–Crippen MR) is 87.7 cm³/mol. The van der Waals surface area contributed by atoms with Gasteiger partial charge in [0.25, 0.3) is 0 Å². The summed E-state index contributed by atoms with van der Waals surface area (Å²) >= 11 is 2.00. The van der Waals surface area contributed by atoms with E-state index in [1.54, 1.807) is 19.1 Å². The number of nitrogens with zero attached hydrogens (tertiary/aromatic N) is 1. The van der Waals surface area contributed by atoms with Gasteiger partial charge in [0.2, 0.25) is 0 Å². The summed E-state index contributed by atoms with van der Waals surface area (Å²) in [4.78, 5) is 14.5. The second-order valence-electron chi connectivity index (χ2n) is 6.34. The van der Waals surface area contributed by atoms with Crippen LogP contribution in [0.25, 0.3) is 0 Å². The third kappa shape index (κ3) is 4.82. The van der Waals surface area contributed by atoms with E-state index < -0.39 is 0 Å². The first-order valence-corrected chi connectivity index (χ1v) is 8.52. The lowest BCUT2D eigenvalue weighted by molar-refractivity contribution is 0.0965. The molecular weight excluding hydrogens is 285 g/mol. The van der Waals surface area contributed by atoms with Gasteiger partial charge in [-0.05, 0) is 31.5 Å². The average Bonchev–Trinajstić information content (AvgIpc) is 2.60. The number of rotatable bonds is 4. The number of benzene rings is 1. The summed E-state index contributed by atoms with van der Waals surface area (Å²) in [5.74, 6) is 0.846. The maximum absolute atomic E-state index is 13.5. The molecule has 0 radical (unpaired) electrons. The molecule has 0 N–H and O–H groups in total. The molecular formula is C17H24FNOS. The first-order valence-electron chi connectivity index (χ1n) is 7.53. The Morgan fingerprint density at radius 1 is 1.38 bits per heavy atom. The lowest BCUT2D eigenvalue weighted by Crippen LogP contribution is -2.29. The summed E-state index contributed by atoms with van der Waals surface area (Å²) in [5, 5.41) is 0. The average molecular weight is 309 g/mol. The topological polar surface area (TPSA) is 20.3 Å². The maximum Gasteiger partial charge on any atom is 0.164 e. The lowest BCUT2D eigenvalue weighted by atomic mass is 10.1. The summed E-state index contributed by atoms with van der Waals surface area (Å²) in [6.07, 6.45) is 1.61. The van der Waals surface area contributed by atoms with Crippen LogP contribution in [0.1, 0.15) is 42.6 Å². The standard InChI is InChI=1S/C17H24FNOS/c1-13-4-5-14(12-15(13)18)16(20)6-8-19-9-7-17(2,3)21-11-10-19/h4-5,12H,6-11H2,1-3H3. The summed E-state index contributed by atoms with van der Waals surface area (Å²) in [5.41, 5.74) is 1.07. The molecule has 4 heteroatoms.